The van der Waals surface area contributed by atoms with E-state index in [0.29, 0.717) is 15.3 Å². The van der Waals surface area contributed by atoms with Gasteiger partial charge in [-0.15, -0.1) is 0 Å². The first-order valence-electron chi connectivity index (χ1n) is 6.56. The number of nitrogens with one attached hydrogen (secondary N) is 1. The van der Waals surface area contributed by atoms with Gasteiger partial charge < -0.3 is 10.4 Å². The van der Waals surface area contributed by atoms with Crippen molar-refractivity contribution in [3.63, 3.8) is 0 Å². The number of carbonyl (C=O) groups is 1. The highest BCUT2D eigenvalue weighted by molar-refractivity contribution is 6.30. The van der Waals surface area contributed by atoms with Gasteiger partial charge in [0.25, 0.3) is 0 Å². The van der Waals surface area contributed by atoms with Crippen LogP contribution in [0.25, 0.3) is 0 Å². The second kappa shape index (κ2) is 7.01. The molecule has 0 radical (unpaired) electrons. The molecule has 1 aromatic heterocycles. The van der Waals surface area contributed by atoms with Crippen molar-refractivity contribution in [1.29, 1.82) is 0 Å². The topological polar surface area (TPSA) is 67.2 Å². The number of aromatic nitrogens is 2. The predicted molar refractivity (Wildman–Crippen MR) is 77.9 cm³/mol. The molecule has 1 amide bonds. The molecule has 23 heavy (non-hydrogen) atoms. The molecule has 124 valence electrons. The average molecular weight is 348 g/mol. The highest BCUT2D eigenvalue weighted by atomic mass is 35.5. The number of anilines is 1. The number of benzene rings is 1. The number of halogens is 4. The summed E-state index contributed by atoms with van der Waals surface area (Å²) in [5.41, 5.74) is 0.507. The summed E-state index contributed by atoms with van der Waals surface area (Å²) in [5, 5.41) is 16.4. The Hall–Kier alpha value is -2.06. The molecule has 2 rings (SSSR count). The van der Waals surface area contributed by atoms with Gasteiger partial charge in [0.15, 0.2) is 5.82 Å². The van der Waals surface area contributed by atoms with E-state index in [9.17, 15) is 23.1 Å². The fraction of sp³-hybridized carbons (Fsp3) is 0.286. The number of rotatable bonds is 5. The van der Waals surface area contributed by atoms with Crippen LogP contribution in [0.15, 0.2) is 36.5 Å². The third-order valence-corrected chi connectivity index (χ3v) is 3.13. The maximum Gasteiger partial charge on any atom is 0.408 e. The van der Waals surface area contributed by atoms with E-state index in [1.165, 1.54) is 6.07 Å². The van der Waals surface area contributed by atoms with Gasteiger partial charge in [-0.05, 0) is 17.7 Å². The zero-order valence-electron chi connectivity index (χ0n) is 11.7. The molecule has 1 heterocycles. The first kappa shape index (κ1) is 17.3. The number of carbonyl (C=O) groups excluding carboxylic acids is 1. The van der Waals surface area contributed by atoms with Crippen LogP contribution in [-0.4, -0.2) is 27.0 Å². The van der Waals surface area contributed by atoms with Gasteiger partial charge in [0, 0.05) is 17.3 Å². The Balaban J connectivity index is 1.90. The summed E-state index contributed by atoms with van der Waals surface area (Å²) < 4.78 is 37.3. The van der Waals surface area contributed by atoms with Crippen LogP contribution in [0.4, 0.5) is 19.0 Å². The smallest absolute Gasteiger partial charge is 0.388 e. The molecule has 0 aliphatic rings. The third kappa shape index (κ3) is 5.57. The molecular formula is C14H13ClF3N3O2. The van der Waals surface area contributed by atoms with E-state index in [-0.39, 0.29) is 12.2 Å². The van der Waals surface area contributed by atoms with Crippen LogP contribution in [0.3, 0.4) is 0 Å². The molecule has 0 spiro atoms. The number of hydrogen-bond donors (Lipinski definition) is 2. The fourth-order valence-electron chi connectivity index (χ4n) is 1.87. The summed E-state index contributed by atoms with van der Waals surface area (Å²) in [4.78, 5) is 11.8. The first-order chi connectivity index (χ1) is 10.7. The number of aliphatic hydroxyl groups is 1. The maximum absolute atomic E-state index is 12.2. The van der Waals surface area contributed by atoms with Crippen molar-refractivity contribution < 1.29 is 23.1 Å². The molecule has 0 saturated heterocycles. The van der Waals surface area contributed by atoms with Gasteiger partial charge in [0.05, 0.1) is 12.5 Å². The molecule has 0 fully saturated rings. The molecule has 2 N–H and O–H groups in total. The maximum atomic E-state index is 12.2. The lowest BCUT2D eigenvalue weighted by Crippen LogP contribution is -2.19. The number of hydrogen-bond acceptors (Lipinski definition) is 3. The molecule has 2 aromatic rings. The second-order valence-electron chi connectivity index (χ2n) is 4.83. The lowest BCUT2D eigenvalue weighted by Gasteiger charge is -2.10. The molecule has 0 aliphatic heterocycles. The predicted octanol–water partition coefficient (Wildman–Crippen LogP) is 3.16. The van der Waals surface area contributed by atoms with Crippen LogP contribution in [0, 0.1) is 0 Å². The Morgan fingerprint density at radius 1 is 1.30 bits per heavy atom. The van der Waals surface area contributed by atoms with E-state index < -0.39 is 24.7 Å². The van der Waals surface area contributed by atoms with E-state index in [0.717, 1.165) is 6.20 Å². The molecule has 0 bridgehead atoms. The Morgan fingerprint density at radius 3 is 2.57 bits per heavy atom. The van der Waals surface area contributed by atoms with E-state index in [2.05, 4.69) is 10.4 Å². The lowest BCUT2D eigenvalue weighted by atomic mass is 10.1. The summed E-state index contributed by atoms with van der Waals surface area (Å²) in [6.45, 7) is -1.24. The fourth-order valence-corrected chi connectivity index (χ4v) is 2.00. The van der Waals surface area contributed by atoms with E-state index in [1.807, 2.05) is 0 Å². The van der Waals surface area contributed by atoms with Crippen molar-refractivity contribution in [3.05, 3.63) is 47.1 Å². The van der Waals surface area contributed by atoms with Crippen LogP contribution >= 0.6 is 11.6 Å². The van der Waals surface area contributed by atoms with E-state index in [4.69, 9.17) is 11.6 Å². The number of alkyl halides is 3. The zero-order chi connectivity index (χ0) is 17.0. The second-order valence-corrected chi connectivity index (χ2v) is 5.27. The summed E-state index contributed by atoms with van der Waals surface area (Å²) >= 11 is 5.73. The molecule has 0 aliphatic carbocycles. The van der Waals surface area contributed by atoms with Crippen molar-refractivity contribution >= 4 is 23.3 Å². The summed E-state index contributed by atoms with van der Waals surface area (Å²) in [6, 6.07) is 7.57. The first-order valence-corrected chi connectivity index (χ1v) is 6.94. The number of amides is 1. The molecule has 1 atom stereocenters. The molecule has 1 aromatic carbocycles. The standard InChI is InChI=1S/C14H13ClF3N3O2/c15-10-3-1-9(2-4-10)11(22)7-13(23)19-12-5-6-21(20-12)8-14(16,17)18/h1-6,11,22H,7-8H2,(H,19,20,23). The van der Waals surface area contributed by atoms with Gasteiger partial charge in [-0.1, -0.05) is 23.7 Å². The summed E-state index contributed by atoms with van der Waals surface area (Å²) in [5.74, 6) is -0.577. The van der Waals surface area contributed by atoms with Gasteiger partial charge >= 0.3 is 6.18 Å². The van der Waals surface area contributed by atoms with Crippen molar-refractivity contribution in [2.45, 2.75) is 25.2 Å². The Labute approximate surface area is 134 Å². The van der Waals surface area contributed by atoms with E-state index in [1.54, 1.807) is 24.3 Å². The zero-order valence-corrected chi connectivity index (χ0v) is 12.5. The van der Waals surface area contributed by atoms with Gasteiger partial charge in [0.1, 0.15) is 6.54 Å². The quantitative estimate of drug-likeness (QED) is 0.873. The Bertz CT molecular complexity index is 671. The largest absolute Gasteiger partial charge is 0.408 e. The number of aliphatic hydroxyl groups excluding tert-OH is 1. The van der Waals surface area contributed by atoms with Crippen LogP contribution < -0.4 is 5.32 Å². The molecular weight excluding hydrogens is 335 g/mol. The lowest BCUT2D eigenvalue weighted by molar-refractivity contribution is -0.142. The monoisotopic (exact) mass is 347 g/mol. The van der Waals surface area contributed by atoms with Crippen molar-refractivity contribution in [3.8, 4) is 0 Å². The molecule has 0 saturated carbocycles. The minimum Gasteiger partial charge on any atom is -0.388 e. The molecule has 1 unspecified atom stereocenters. The minimum atomic E-state index is -4.39. The van der Waals surface area contributed by atoms with Crippen molar-refractivity contribution in [1.82, 2.24) is 9.78 Å². The summed E-state index contributed by atoms with van der Waals surface area (Å²) in [6.07, 6.45) is -4.59. The molecule has 9 heteroatoms. The average Bonchev–Trinajstić information content (AvgIpc) is 2.84. The Kier molecular flexibility index (Phi) is 5.27. The van der Waals surface area contributed by atoms with Crippen molar-refractivity contribution in [2.75, 3.05) is 5.32 Å². The minimum absolute atomic E-state index is 0.0115. The highest BCUT2D eigenvalue weighted by Crippen LogP contribution is 2.20. The SMILES string of the molecule is O=C(CC(O)c1ccc(Cl)cc1)Nc1ccn(CC(F)(F)F)n1. The third-order valence-electron chi connectivity index (χ3n) is 2.88. The van der Waals surface area contributed by atoms with Crippen LogP contribution in [0.1, 0.15) is 18.1 Å². The number of nitrogens with zero attached hydrogens (tertiary/aromatic N) is 2. The normalized spacial score (nSPS) is 12.9. The van der Waals surface area contributed by atoms with Gasteiger partial charge in [-0.25, -0.2) is 0 Å². The van der Waals surface area contributed by atoms with Crippen LogP contribution in [0.2, 0.25) is 5.02 Å². The Morgan fingerprint density at radius 2 is 1.96 bits per heavy atom. The molecule has 5 nitrogen and oxygen atoms in total. The highest BCUT2D eigenvalue weighted by Gasteiger charge is 2.28. The van der Waals surface area contributed by atoms with Gasteiger partial charge in [-0.3, -0.25) is 9.48 Å². The van der Waals surface area contributed by atoms with E-state index >= 15 is 0 Å². The van der Waals surface area contributed by atoms with Crippen LogP contribution in [0.5, 0.6) is 0 Å². The summed E-state index contributed by atoms with van der Waals surface area (Å²) in [7, 11) is 0. The van der Waals surface area contributed by atoms with Crippen molar-refractivity contribution in [2.24, 2.45) is 0 Å². The van der Waals surface area contributed by atoms with Crippen LogP contribution in [-0.2, 0) is 11.3 Å². The van der Waals surface area contributed by atoms with Gasteiger partial charge in [0.2, 0.25) is 5.91 Å². The van der Waals surface area contributed by atoms with Gasteiger partial charge in [-0.2, -0.15) is 18.3 Å².